The van der Waals surface area contributed by atoms with E-state index in [1.54, 1.807) is 17.0 Å². The van der Waals surface area contributed by atoms with Crippen molar-refractivity contribution >= 4 is 35.2 Å². The largest absolute Gasteiger partial charge is 0.368 e. The quantitative estimate of drug-likeness (QED) is 0.785. The molecule has 3 rings (SSSR count). The van der Waals surface area contributed by atoms with Gasteiger partial charge in [-0.2, -0.15) is 0 Å². The van der Waals surface area contributed by atoms with E-state index in [2.05, 4.69) is 10.2 Å². The molecule has 1 aliphatic rings. The van der Waals surface area contributed by atoms with Crippen LogP contribution in [0.4, 0.5) is 0 Å². The van der Waals surface area contributed by atoms with Gasteiger partial charge in [0.2, 0.25) is 11.8 Å². The second kappa shape index (κ2) is 8.09. The maximum atomic E-state index is 12.5. The summed E-state index contributed by atoms with van der Waals surface area (Å²) < 4.78 is 1.84. The van der Waals surface area contributed by atoms with E-state index in [4.69, 9.17) is 17.3 Å². The molecule has 0 saturated carbocycles. The molecule has 1 fully saturated rings. The molecule has 2 heterocycles. The van der Waals surface area contributed by atoms with Crippen molar-refractivity contribution in [2.45, 2.75) is 30.5 Å². The zero-order valence-corrected chi connectivity index (χ0v) is 16.0. The summed E-state index contributed by atoms with van der Waals surface area (Å²) in [5, 5.41) is 9.66. The summed E-state index contributed by atoms with van der Waals surface area (Å²) in [4.78, 5) is 25.7. The molecule has 1 aromatic heterocycles. The Morgan fingerprint density at radius 3 is 2.69 bits per heavy atom. The van der Waals surface area contributed by atoms with E-state index < -0.39 is 11.9 Å². The van der Waals surface area contributed by atoms with Crippen LogP contribution in [0.3, 0.4) is 0 Å². The fourth-order valence-corrected chi connectivity index (χ4v) is 3.95. The zero-order chi connectivity index (χ0) is 18.7. The van der Waals surface area contributed by atoms with Crippen LogP contribution in [-0.4, -0.2) is 49.8 Å². The van der Waals surface area contributed by atoms with Gasteiger partial charge in [-0.1, -0.05) is 23.4 Å². The van der Waals surface area contributed by atoms with Crippen molar-refractivity contribution in [3.63, 3.8) is 0 Å². The monoisotopic (exact) mass is 393 g/mol. The third kappa shape index (κ3) is 4.02. The predicted octanol–water partition coefficient (Wildman–Crippen LogP) is 2.09. The summed E-state index contributed by atoms with van der Waals surface area (Å²) >= 11 is 7.22. The molecule has 2 amide bonds. The molecule has 0 aliphatic carbocycles. The number of aromatic nitrogens is 3. The van der Waals surface area contributed by atoms with Gasteiger partial charge in [-0.15, -0.1) is 10.2 Å². The highest BCUT2D eigenvalue weighted by atomic mass is 35.5. The van der Waals surface area contributed by atoms with Gasteiger partial charge in [-0.05, 0) is 43.5 Å². The predicted molar refractivity (Wildman–Crippen MR) is 101 cm³/mol. The number of halogens is 1. The molecule has 7 nitrogen and oxygen atoms in total. The molecule has 0 radical (unpaired) electrons. The van der Waals surface area contributed by atoms with Crippen molar-refractivity contribution in [1.29, 1.82) is 0 Å². The number of nitrogens with zero attached hydrogens (tertiary/aromatic N) is 4. The first-order valence-corrected chi connectivity index (χ1v) is 9.70. The van der Waals surface area contributed by atoms with E-state index in [1.807, 2.05) is 23.7 Å². The summed E-state index contributed by atoms with van der Waals surface area (Å²) in [6, 6.07) is 6.83. The maximum absolute atomic E-state index is 12.5. The van der Waals surface area contributed by atoms with Gasteiger partial charge in [0.1, 0.15) is 6.04 Å². The van der Waals surface area contributed by atoms with Crippen LogP contribution in [0.2, 0.25) is 5.02 Å². The summed E-state index contributed by atoms with van der Waals surface area (Å²) in [6.45, 7) is 0.571. The average Bonchev–Trinajstić information content (AvgIpc) is 3.01. The SMILES string of the molecule is Cn1c(SCC(=O)N2CCCCC2C(N)=O)nnc1-c1ccc(Cl)cc1. The molecule has 1 unspecified atom stereocenters. The van der Waals surface area contributed by atoms with E-state index in [0.29, 0.717) is 29.0 Å². The molecule has 2 N–H and O–H groups in total. The molecule has 1 aromatic carbocycles. The standard InChI is InChI=1S/C17H20ClN5O2S/c1-22-16(11-5-7-12(18)8-6-11)20-21-17(22)26-10-14(24)23-9-3-2-4-13(23)15(19)25/h5-8,13H,2-4,9-10H2,1H3,(H2,19,25). The number of primary amides is 1. The Hall–Kier alpha value is -2.06. The van der Waals surface area contributed by atoms with Gasteiger partial charge in [0, 0.05) is 24.2 Å². The highest BCUT2D eigenvalue weighted by Gasteiger charge is 2.30. The first-order chi connectivity index (χ1) is 12.5. The smallest absolute Gasteiger partial charge is 0.240 e. The number of carbonyl (C=O) groups is 2. The first-order valence-electron chi connectivity index (χ1n) is 8.34. The summed E-state index contributed by atoms with van der Waals surface area (Å²) in [7, 11) is 1.85. The van der Waals surface area contributed by atoms with Crippen LogP contribution in [0.1, 0.15) is 19.3 Å². The number of benzene rings is 1. The van der Waals surface area contributed by atoms with Crippen LogP contribution in [0, 0.1) is 0 Å². The van der Waals surface area contributed by atoms with Crippen molar-refractivity contribution in [1.82, 2.24) is 19.7 Å². The Balaban J connectivity index is 1.67. The van der Waals surface area contributed by atoms with Crippen molar-refractivity contribution < 1.29 is 9.59 Å². The van der Waals surface area contributed by atoms with E-state index >= 15 is 0 Å². The number of piperidine rings is 1. The number of thioether (sulfide) groups is 1. The fourth-order valence-electron chi connectivity index (χ4n) is 3.03. The number of hydrogen-bond donors (Lipinski definition) is 1. The lowest BCUT2D eigenvalue weighted by Crippen LogP contribution is -2.51. The number of carbonyl (C=O) groups excluding carboxylic acids is 2. The lowest BCUT2D eigenvalue weighted by atomic mass is 10.0. The molecule has 138 valence electrons. The highest BCUT2D eigenvalue weighted by molar-refractivity contribution is 7.99. The minimum Gasteiger partial charge on any atom is -0.368 e. The minimum atomic E-state index is -0.499. The fraction of sp³-hybridized carbons (Fsp3) is 0.412. The summed E-state index contributed by atoms with van der Waals surface area (Å²) in [5.74, 6) is 0.349. The molecule has 26 heavy (non-hydrogen) atoms. The van der Waals surface area contributed by atoms with Crippen LogP contribution in [0.5, 0.6) is 0 Å². The average molecular weight is 394 g/mol. The lowest BCUT2D eigenvalue weighted by molar-refractivity contribution is -0.138. The summed E-state index contributed by atoms with van der Waals surface area (Å²) in [5.41, 5.74) is 6.33. The normalized spacial score (nSPS) is 17.3. The van der Waals surface area contributed by atoms with E-state index in [0.717, 1.165) is 18.4 Å². The molecule has 2 aromatic rings. The van der Waals surface area contributed by atoms with Gasteiger partial charge >= 0.3 is 0 Å². The molecule has 1 saturated heterocycles. The Morgan fingerprint density at radius 1 is 1.27 bits per heavy atom. The van der Waals surface area contributed by atoms with Crippen molar-refractivity contribution in [3.8, 4) is 11.4 Å². The Labute approximate surface area is 160 Å². The van der Waals surface area contributed by atoms with Crippen LogP contribution in [0.25, 0.3) is 11.4 Å². The number of likely N-dealkylation sites (tertiary alicyclic amines) is 1. The molecule has 1 aliphatic heterocycles. The molecular formula is C17H20ClN5O2S. The maximum Gasteiger partial charge on any atom is 0.240 e. The Bertz CT molecular complexity index is 808. The third-order valence-corrected chi connectivity index (χ3v) is 5.67. The van der Waals surface area contributed by atoms with E-state index in [-0.39, 0.29) is 11.7 Å². The van der Waals surface area contributed by atoms with Gasteiger partial charge in [-0.25, -0.2) is 0 Å². The van der Waals surface area contributed by atoms with Gasteiger partial charge < -0.3 is 15.2 Å². The third-order valence-electron chi connectivity index (χ3n) is 4.41. The Morgan fingerprint density at radius 2 is 2.00 bits per heavy atom. The first kappa shape index (κ1) is 18.7. The van der Waals surface area contributed by atoms with Crippen molar-refractivity contribution in [2.75, 3.05) is 12.3 Å². The van der Waals surface area contributed by atoms with E-state index in [1.165, 1.54) is 11.8 Å². The Kier molecular flexibility index (Phi) is 5.83. The topological polar surface area (TPSA) is 94.1 Å². The van der Waals surface area contributed by atoms with Crippen molar-refractivity contribution in [3.05, 3.63) is 29.3 Å². The minimum absolute atomic E-state index is 0.102. The molecule has 1 atom stereocenters. The number of hydrogen-bond acceptors (Lipinski definition) is 5. The summed E-state index contributed by atoms with van der Waals surface area (Å²) in [6.07, 6.45) is 2.44. The van der Waals surface area contributed by atoms with Crippen LogP contribution >= 0.6 is 23.4 Å². The van der Waals surface area contributed by atoms with Gasteiger partial charge in [0.25, 0.3) is 0 Å². The molecule has 0 spiro atoms. The van der Waals surface area contributed by atoms with Crippen LogP contribution < -0.4 is 5.73 Å². The second-order valence-electron chi connectivity index (χ2n) is 6.16. The van der Waals surface area contributed by atoms with Gasteiger partial charge in [0.15, 0.2) is 11.0 Å². The number of amides is 2. The van der Waals surface area contributed by atoms with Crippen LogP contribution in [-0.2, 0) is 16.6 Å². The molecule has 9 heteroatoms. The zero-order valence-electron chi connectivity index (χ0n) is 14.4. The van der Waals surface area contributed by atoms with Crippen molar-refractivity contribution in [2.24, 2.45) is 12.8 Å². The van der Waals surface area contributed by atoms with Gasteiger partial charge in [0.05, 0.1) is 5.75 Å². The lowest BCUT2D eigenvalue weighted by Gasteiger charge is -2.33. The molecule has 0 bridgehead atoms. The van der Waals surface area contributed by atoms with Crippen LogP contribution in [0.15, 0.2) is 29.4 Å². The highest BCUT2D eigenvalue weighted by Crippen LogP contribution is 2.25. The van der Waals surface area contributed by atoms with E-state index in [9.17, 15) is 9.59 Å². The molecular weight excluding hydrogens is 374 g/mol. The van der Waals surface area contributed by atoms with Gasteiger partial charge in [-0.3, -0.25) is 9.59 Å². The second-order valence-corrected chi connectivity index (χ2v) is 7.54. The number of nitrogens with two attached hydrogens (primary N) is 1. The number of rotatable bonds is 5.